The Morgan fingerprint density at radius 2 is 2.17 bits per heavy atom. The zero-order valence-electron chi connectivity index (χ0n) is 6.49. The third-order valence-electron chi connectivity index (χ3n) is 1.93. The van der Waals surface area contributed by atoms with Gasteiger partial charge in [0.2, 0.25) is 0 Å². The average Bonchev–Trinajstić information content (AvgIpc) is 2.41. The van der Waals surface area contributed by atoms with Crippen LogP contribution in [0.15, 0.2) is 18.3 Å². The van der Waals surface area contributed by atoms with Crippen molar-refractivity contribution in [2.75, 3.05) is 0 Å². The highest BCUT2D eigenvalue weighted by molar-refractivity contribution is 14.1. The van der Waals surface area contributed by atoms with Gasteiger partial charge in [0.15, 0.2) is 0 Å². The van der Waals surface area contributed by atoms with Crippen LogP contribution in [0.1, 0.15) is 5.56 Å². The number of H-pyrrole nitrogens is 1. The summed E-state index contributed by atoms with van der Waals surface area (Å²) in [6, 6.07) is 3.67. The lowest BCUT2D eigenvalue weighted by Crippen LogP contribution is -1.82. The van der Waals surface area contributed by atoms with Gasteiger partial charge in [-0.3, -0.25) is 0 Å². The van der Waals surface area contributed by atoms with Crippen LogP contribution in [0, 0.1) is 16.3 Å². The Morgan fingerprint density at radius 3 is 2.92 bits per heavy atom. The van der Waals surface area contributed by atoms with Gasteiger partial charge in [0.1, 0.15) is 5.82 Å². The predicted molar refractivity (Wildman–Crippen MR) is 55.7 cm³/mol. The molecule has 3 heteroatoms. The van der Waals surface area contributed by atoms with Crippen LogP contribution in [0.2, 0.25) is 0 Å². The van der Waals surface area contributed by atoms with Gasteiger partial charge in [-0.05, 0) is 47.2 Å². The molecule has 1 aromatic heterocycles. The maximum atomic E-state index is 13.5. The van der Waals surface area contributed by atoms with E-state index < -0.39 is 0 Å². The monoisotopic (exact) mass is 275 g/mol. The molecule has 0 atom stereocenters. The summed E-state index contributed by atoms with van der Waals surface area (Å²) < 4.78 is 14.1. The molecule has 1 aromatic carbocycles. The molecule has 12 heavy (non-hydrogen) atoms. The summed E-state index contributed by atoms with van der Waals surface area (Å²) in [6.07, 6.45) is 1.82. The van der Waals surface area contributed by atoms with Gasteiger partial charge in [0.25, 0.3) is 0 Å². The fourth-order valence-electron chi connectivity index (χ4n) is 1.31. The van der Waals surface area contributed by atoms with Crippen LogP contribution in [0.3, 0.4) is 0 Å². The predicted octanol–water partition coefficient (Wildman–Crippen LogP) is 3.22. The molecule has 2 aromatic rings. The van der Waals surface area contributed by atoms with Crippen LogP contribution in [-0.2, 0) is 0 Å². The van der Waals surface area contributed by atoms with Gasteiger partial charge in [0, 0.05) is 20.7 Å². The lowest BCUT2D eigenvalue weighted by Gasteiger charge is -1.96. The molecule has 1 heterocycles. The van der Waals surface area contributed by atoms with Gasteiger partial charge >= 0.3 is 0 Å². The Bertz CT molecular complexity index is 433. The highest BCUT2D eigenvalue weighted by Crippen LogP contribution is 2.24. The van der Waals surface area contributed by atoms with E-state index in [0.717, 1.165) is 11.1 Å². The van der Waals surface area contributed by atoms with Crippen LogP contribution in [0.5, 0.6) is 0 Å². The van der Waals surface area contributed by atoms with E-state index in [1.54, 1.807) is 6.07 Å². The van der Waals surface area contributed by atoms with E-state index in [1.165, 1.54) is 0 Å². The zero-order chi connectivity index (χ0) is 8.72. The van der Waals surface area contributed by atoms with Crippen molar-refractivity contribution in [3.63, 3.8) is 0 Å². The number of fused-ring (bicyclic) bond motifs is 1. The van der Waals surface area contributed by atoms with Crippen LogP contribution in [0.25, 0.3) is 10.9 Å². The molecule has 0 bridgehead atoms. The number of rotatable bonds is 0. The molecule has 62 valence electrons. The summed E-state index contributed by atoms with van der Waals surface area (Å²) in [4.78, 5) is 3.01. The summed E-state index contributed by atoms with van der Waals surface area (Å²) in [7, 11) is 0. The van der Waals surface area contributed by atoms with Crippen molar-refractivity contribution in [2.45, 2.75) is 6.92 Å². The van der Waals surface area contributed by atoms with Gasteiger partial charge in [-0.25, -0.2) is 4.39 Å². The van der Waals surface area contributed by atoms with Crippen molar-refractivity contribution in [1.82, 2.24) is 4.98 Å². The topological polar surface area (TPSA) is 15.8 Å². The fraction of sp³-hybridized carbons (Fsp3) is 0.111. The summed E-state index contributed by atoms with van der Waals surface area (Å²) in [5, 5.41) is 0.710. The molecular weight excluding hydrogens is 268 g/mol. The van der Waals surface area contributed by atoms with Crippen LogP contribution < -0.4 is 0 Å². The van der Waals surface area contributed by atoms with Gasteiger partial charge in [-0.2, -0.15) is 0 Å². The molecule has 1 N–H and O–H groups in total. The van der Waals surface area contributed by atoms with E-state index in [9.17, 15) is 4.39 Å². The van der Waals surface area contributed by atoms with Crippen molar-refractivity contribution in [2.24, 2.45) is 0 Å². The third kappa shape index (κ3) is 1.03. The highest BCUT2D eigenvalue weighted by Gasteiger charge is 2.07. The van der Waals surface area contributed by atoms with Crippen molar-refractivity contribution < 1.29 is 4.39 Å². The second kappa shape index (κ2) is 2.73. The molecule has 0 aliphatic rings. The Labute approximate surface area is 83.1 Å². The van der Waals surface area contributed by atoms with Crippen molar-refractivity contribution in [3.8, 4) is 0 Å². The number of halogens is 2. The molecule has 0 spiro atoms. The maximum absolute atomic E-state index is 13.5. The highest BCUT2D eigenvalue weighted by atomic mass is 127. The van der Waals surface area contributed by atoms with Crippen LogP contribution in [-0.4, -0.2) is 4.98 Å². The number of benzene rings is 1. The number of aryl methyl sites for hydroxylation is 1. The molecule has 0 radical (unpaired) electrons. The quantitative estimate of drug-likeness (QED) is 0.710. The number of nitrogens with one attached hydrogen (secondary N) is 1. The van der Waals surface area contributed by atoms with Crippen molar-refractivity contribution in [1.29, 1.82) is 0 Å². The minimum absolute atomic E-state index is 0.119. The summed E-state index contributed by atoms with van der Waals surface area (Å²) in [5.74, 6) is -0.119. The molecule has 0 unspecified atom stereocenters. The van der Waals surface area contributed by atoms with E-state index in [2.05, 4.69) is 4.98 Å². The number of hydrogen-bond acceptors (Lipinski definition) is 0. The van der Waals surface area contributed by atoms with Gasteiger partial charge in [-0.1, -0.05) is 0 Å². The molecule has 0 saturated carbocycles. The van der Waals surface area contributed by atoms with Gasteiger partial charge in [0.05, 0.1) is 0 Å². The Hall–Kier alpha value is -0.580. The molecular formula is C9H7FIN. The molecule has 0 amide bonds. The van der Waals surface area contributed by atoms with E-state index in [4.69, 9.17) is 0 Å². The van der Waals surface area contributed by atoms with Crippen LogP contribution >= 0.6 is 22.6 Å². The van der Waals surface area contributed by atoms with Gasteiger partial charge in [-0.15, -0.1) is 0 Å². The third-order valence-corrected chi connectivity index (χ3v) is 2.77. The minimum atomic E-state index is -0.119. The lowest BCUT2D eigenvalue weighted by atomic mass is 10.2. The summed E-state index contributed by atoms with van der Waals surface area (Å²) in [6.45, 7) is 1.90. The van der Waals surface area contributed by atoms with Crippen LogP contribution in [0.4, 0.5) is 4.39 Å². The fourth-order valence-corrected chi connectivity index (χ4v) is 1.76. The average molecular weight is 275 g/mol. The van der Waals surface area contributed by atoms with E-state index in [0.29, 0.717) is 8.96 Å². The first-order valence-electron chi connectivity index (χ1n) is 3.62. The van der Waals surface area contributed by atoms with E-state index >= 15 is 0 Å². The van der Waals surface area contributed by atoms with E-state index in [1.807, 2.05) is 41.8 Å². The second-order valence-electron chi connectivity index (χ2n) is 2.76. The van der Waals surface area contributed by atoms with Crippen molar-refractivity contribution in [3.05, 3.63) is 33.3 Å². The normalized spacial score (nSPS) is 10.9. The molecule has 1 nitrogen and oxygen atoms in total. The largest absolute Gasteiger partial charge is 0.361 e. The second-order valence-corrected chi connectivity index (χ2v) is 3.92. The Kier molecular flexibility index (Phi) is 1.83. The molecule has 0 saturated heterocycles. The molecule has 0 aliphatic carbocycles. The first kappa shape index (κ1) is 8.04. The smallest absolute Gasteiger partial charge is 0.146 e. The summed E-state index contributed by atoms with van der Waals surface area (Å²) >= 11 is 2.00. The molecule has 2 rings (SSSR count). The number of hydrogen-bond donors (Lipinski definition) is 1. The van der Waals surface area contributed by atoms with Gasteiger partial charge < -0.3 is 4.98 Å². The SMILES string of the molecule is Cc1c[nH]c2ccc(I)c(F)c12. The number of aromatic nitrogens is 1. The first-order chi connectivity index (χ1) is 5.70. The van der Waals surface area contributed by atoms with E-state index in [-0.39, 0.29) is 5.82 Å². The first-order valence-corrected chi connectivity index (χ1v) is 4.69. The Balaban J connectivity index is 2.96. The molecule has 0 fully saturated rings. The maximum Gasteiger partial charge on any atom is 0.146 e. The van der Waals surface area contributed by atoms with Crippen molar-refractivity contribution >= 4 is 33.5 Å². The molecule has 0 aliphatic heterocycles. The Morgan fingerprint density at radius 1 is 1.42 bits per heavy atom. The standard InChI is InChI=1S/C9H7FIN/c1-5-4-12-7-3-2-6(11)9(10)8(5)7/h2-4,12H,1H3. The lowest BCUT2D eigenvalue weighted by molar-refractivity contribution is 0.632. The summed E-state index contributed by atoms with van der Waals surface area (Å²) in [5.41, 5.74) is 1.83. The number of aromatic amines is 1. The minimum Gasteiger partial charge on any atom is -0.361 e. The zero-order valence-corrected chi connectivity index (χ0v) is 8.65.